The van der Waals surface area contributed by atoms with Gasteiger partial charge in [-0.25, -0.2) is 0 Å². The van der Waals surface area contributed by atoms with Gasteiger partial charge in [0.1, 0.15) is 23.5 Å². The Hall–Kier alpha value is -2.26. The zero-order valence-corrected chi connectivity index (χ0v) is 9.97. The topological polar surface area (TPSA) is 56.8 Å². The summed E-state index contributed by atoms with van der Waals surface area (Å²) in [6.45, 7) is 4.74. The van der Waals surface area contributed by atoms with Crippen LogP contribution in [0.5, 0.6) is 5.75 Å². The zero-order chi connectivity index (χ0) is 12.7. The number of hydrogen-bond donors (Lipinski definition) is 0. The van der Waals surface area contributed by atoms with Crippen LogP contribution in [0.3, 0.4) is 0 Å². The van der Waals surface area contributed by atoms with E-state index in [2.05, 4.69) is 13.8 Å². The average molecular weight is 226 g/mol. The van der Waals surface area contributed by atoms with Crippen LogP contribution in [0.4, 0.5) is 0 Å². The summed E-state index contributed by atoms with van der Waals surface area (Å²) in [6.07, 6.45) is 1.54. The first-order valence-electron chi connectivity index (χ1n) is 5.41. The van der Waals surface area contributed by atoms with Gasteiger partial charge in [-0.2, -0.15) is 10.5 Å². The second-order valence-corrected chi connectivity index (χ2v) is 4.02. The zero-order valence-electron chi connectivity index (χ0n) is 9.97. The van der Waals surface area contributed by atoms with Crippen LogP contribution in [0.15, 0.2) is 29.8 Å². The minimum absolute atomic E-state index is 0.0746. The molecule has 0 aromatic heterocycles. The molecule has 3 nitrogen and oxygen atoms in total. The first-order valence-corrected chi connectivity index (χ1v) is 5.41. The van der Waals surface area contributed by atoms with E-state index in [4.69, 9.17) is 15.3 Å². The number of hydrogen-bond acceptors (Lipinski definition) is 3. The van der Waals surface area contributed by atoms with Gasteiger partial charge in [-0.15, -0.1) is 0 Å². The predicted octanol–water partition coefficient (Wildman–Crippen LogP) is 3.15. The van der Waals surface area contributed by atoms with Gasteiger partial charge in [-0.3, -0.25) is 0 Å². The van der Waals surface area contributed by atoms with Crippen molar-refractivity contribution in [3.63, 3.8) is 0 Å². The number of nitrogens with zero attached hydrogens (tertiary/aromatic N) is 2. The summed E-state index contributed by atoms with van der Waals surface area (Å²) in [6, 6.07) is 11.0. The maximum atomic E-state index is 8.71. The fourth-order valence-corrected chi connectivity index (χ4v) is 1.23. The van der Waals surface area contributed by atoms with Gasteiger partial charge >= 0.3 is 0 Å². The fraction of sp³-hybridized carbons (Fsp3) is 0.286. The van der Waals surface area contributed by atoms with Crippen molar-refractivity contribution in [2.45, 2.75) is 13.8 Å². The summed E-state index contributed by atoms with van der Waals surface area (Å²) in [5.74, 6) is 1.13. The summed E-state index contributed by atoms with van der Waals surface area (Å²) in [4.78, 5) is 0. The average Bonchev–Trinajstić information content (AvgIpc) is 2.34. The predicted molar refractivity (Wildman–Crippen MR) is 66.0 cm³/mol. The first kappa shape index (κ1) is 12.8. The molecule has 17 heavy (non-hydrogen) atoms. The highest BCUT2D eigenvalue weighted by Crippen LogP contribution is 2.21. The Bertz CT molecular complexity index is 474. The van der Waals surface area contributed by atoms with E-state index in [1.54, 1.807) is 0 Å². The van der Waals surface area contributed by atoms with Crippen LogP contribution in [-0.4, -0.2) is 6.61 Å². The second kappa shape index (κ2) is 6.35. The normalized spacial score (nSPS) is 9.24. The lowest BCUT2D eigenvalue weighted by molar-refractivity contribution is 0.270. The van der Waals surface area contributed by atoms with Crippen molar-refractivity contribution in [1.82, 2.24) is 0 Å². The molecule has 0 bridgehead atoms. The summed E-state index contributed by atoms with van der Waals surface area (Å²) in [7, 11) is 0. The monoisotopic (exact) mass is 226 g/mol. The second-order valence-electron chi connectivity index (χ2n) is 4.02. The molecule has 0 aliphatic rings. The minimum Gasteiger partial charge on any atom is -0.493 e. The summed E-state index contributed by atoms with van der Waals surface area (Å²) >= 11 is 0. The highest BCUT2D eigenvalue weighted by atomic mass is 16.5. The van der Waals surface area contributed by atoms with Crippen molar-refractivity contribution in [3.8, 4) is 17.9 Å². The molecule has 0 unspecified atom stereocenters. The number of benzene rings is 1. The Morgan fingerprint density at radius 3 is 2.53 bits per heavy atom. The van der Waals surface area contributed by atoms with E-state index >= 15 is 0 Å². The van der Waals surface area contributed by atoms with E-state index in [1.807, 2.05) is 36.4 Å². The van der Waals surface area contributed by atoms with E-state index in [1.165, 1.54) is 6.08 Å². The van der Waals surface area contributed by atoms with Gasteiger partial charge in [-0.1, -0.05) is 32.0 Å². The molecule has 0 aliphatic carbocycles. The number of para-hydroxylation sites is 1. The molecule has 0 heterocycles. The highest BCUT2D eigenvalue weighted by molar-refractivity contribution is 5.66. The maximum Gasteiger partial charge on any atom is 0.130 e. The van der Waals surface area contributed by atoms with Gasteiger partial charge in [0.05, 0.1) is 6.61 Å². The molecule has 0 saturated heterocycles. The van der Waals surface area contributed by atoms with Gasteiger partial charge < -0.3 is 4.74 Å². The number of nitriles is 2. The molecule has 0 aliphatic heterocycles. The lowest BCUT2D eigenvalue weighted by Gasteiger charge is -2.10. The number of allylic oxidation sites excluding steroid dienone is 1. The molecule has 1 aromatic rings. The van der Waals surface area contributed by atoms with Crippen LogP contribution in [0, 0.1) is 28.6 Å². The Balaban J connectivity index is 2.97. The van der Waals surface area contributed by atoms with Crippen LogP contribution in [0.25, 0.3) is 6.08 Å². The molecule has 0 spiro atoms. The van der Waals surface area contributed by atoms with Crippen molar-refractivity contribution in [2.24, 2.45) is 5.92 Å². The minimum atomic E-state index is 0.0746. The number of rotatable bonds is 4. The molecule has 0 fully saturated rings. The molecule has 3 heteroatoms. The molecule has 0 radical (unpaired) electrons. The van der Waals surface area contributed by atoms with Crippen LogP contribution in [-0.2, 0) is 0 Å². The molecule has 0 N–H and O–H groups in total. The largest absolute Gasteiger partial charge is 0.493 e. The van der Waals surface area contributed by atoms with E-state index in [9.17, 15) is 0 Å². The van der Waals surface area contributed by atoms with Gasteiger partial charge in [0.25, 0.3) is 0 Å². The molecule has 0 amide bonds. The Kier molecular flexibility index (Phi) is 4.78. The molecule has 86 valence electrons. The third kappa shape index (κ3) is 4.01. The third-order valence-corrected chi connectivity index (χ3v) is 2.03. The highest BCUT2D eigenvalue weighted by Gasteiger charge is 2.03. The van der Waals surface area contributed by atoms with Crippen molar-refractivity contribution >= 4 is 6.08 Å². The van der Waals surface area contributed by atoms with Crippen LogP contribution < -0.4 is 4.74 Å². The molecular formula is C14H14N2O. The quantitative estimate of drug-likeness (QED) is 0.741. The van der Waals surface area contributed by atoms with Gasteiger partial charge in [0.2, 0.25) is 0 Å². The van der Waals surface area contributed by atoms with E-state index < -0.39 is 0 Å². The Morgan fingerprint density at radius 1 is 1.29 bits per heavy atom. The summed E-state index contributed by atoms with van der Waals surface area (Å²) in [5, 5.41) is 17.4. The lowest BCUT2D eigenvalue weighted by atomic mass is 10.1. The van der Waals surface area contributed by atoms with E-state index in [-0.39, 0.29) is 5.57 Å². The van der Waals surface area contributed by atoms with E-state index in [0.717, 1.165) is 5.56 Å². The van der Waals surface area contributed by atoms with Gasteiger partial charge in [-0.05, 0) is 18.1 Å². The van der Waals surface area contributed by atoms with Crippen LogP contribution in [0.2, 0.25) is 0 Å². The van der Waals surface area contributed by atoms with Crippen LogP contribution in [0.1, 0.15) is 19.4 Å². The lowest BCUT2D eigenvalue weighted by Crippen LogP contribution is -2.05. The van der Waals surface area contributed by atoms with Gasteiger partial charge in [0.15, 0.2) is 0 Å². The Morgan fingerprint density at radius 2 is 1.94 bits per heavy atom. The van der Waals surface area contributed by atoms with Gasteiger partial charge in [0, 0.05) is 5.56 Å². The summed E-state index contributed by atoms with van der Waals surface area (Å²) in [5.41, 5.74) is 0.830. The molecule has 1 aromatic carbocycles. The first-order chi connectivity index (χ1) is 8.17. The van der Waals surface area contributed by atoms with Crippen molar-refractivity contribution in [3.05, 3.63) is 35.4 Å². The van der Waals surface area contributed by atoms with Crippen LogP contribution >= 0.6 is 0 Å². The Labute approximate surface area is 102 Å². The smallest absolute Gasteiger partial charge is 0.130 e. The molecule has 1 rings (SSSR count). The van der Waals surface area contributed by atoms with Crippen molar-refractivity contribution in [2.75, 3.05) is 6.61 Å². The van der Waals surface area contributed by atoms with E-state index in [0.29, 0.717) is 18.3 Å². The molecular weight excluding hydrogens is 212 g/mol. The molecule has 0 atom stereocenters. The fourth-order valence-electron chi connectivity index (χ4n) is 1.23. The standard InChI is InChI=1S/C14H14N2O/c1-11(2)10-17-14-6-4-3-5-13(14)7-12(8-15)9-16/h3-7,11H,10H2,1-2H3. The number of ether oxygens (including phenoxy) is 1. The van der Waals surface area contributed by atoms with Crippen molar-refractivity contribution in [1.29, 1.82) is 10.5 Å². The summed E-state index contributed by atoms with van der Waals surface area (Å²) < 4.78 is 5.63. The third-order valence-electron chi connectivity index (χ3n) is 2.03. The maximum absolute atomic E-state index is 8.71. The SMILES string of the molecule is CC(C)COc1ccccc1C=C(C#N)C#N. The van der Waals surface area contributed by atoms with Crippen molar-refractivity contribution < 1.29 is 4.74 Å². The molecule has 0 saturated carbocycles.